The fourth-order valence-electron chi connectivity index (χ4n) is 2.31. The van der Waals surface area contributed by atoms with E-state index in [1.807, 2.05) is 19.9 Å². The summed E-state index contributed by atoms with van der Waals surface area (Å²) in [6.07, 6.45) is 1.49. The Hall–Kier alpha value is -2.49. The normalized spacial score (nSPS) is 10.9. The highest BCUT2D eigenvalue weighted by atomic mass is 79.9. The summed E-state index contributed by atoms with van der Waals surface area (Å²) in [6.45, 7) is 4.16. The van der Waals surface area contributed by atoms with Crippen LogP contribution in [0.1, 0.15) is 18.1 Å². The Morgan fingerprint density at radius 1 is 1.33 bits per heavy atom. The molecular weight excluding hydrogens is 432 g/mol. The predicted octanol–water partition coefficient (Wildman–Crippen LogP) is 5.36. The molecule has 0 saturated carbocycles. The molecule has 2 rings (SSSR count). The van der Waals surface area contributed by atoms with Crippen molar-refractivity contribution >= 4 is 45.2 Å². The Kier molecular flexibility index (Phi) is 7.28. The van der Waals surface area contributed by atoms with Gasteiger partial charge in [0, 0.05) is 15.2 Å². The predicted molar refractivity (Wildman–Crippen MR) is 110 cm³/mol. The number of nitrogens with zero attached hydrogens (tertiary/aromatic N) is 1. The number of halogens is 2. The van der Waals surface area contributed by atoms with Crippen LogP contribution >= 0.6 is 27.5 Å². The molecule has 2 aromatic carbocycles. The Morgan fingerprint density at radius 3 is 2.70 bits per heavy atom. The quantitative estimate of drug-likeness (QED) is 0.476. The molecule has 0 aromatic heterocycles. The summed E-state index contributed by atoms with van der Waals surface area (Å²) in [4.78, 5) is 12.5. The van der Waals surface area contributed by atoms with Crippen LogP contribution in [-0.2, 0) is 4.79 Å². The van der Waals surface area contributed by atoms with Crippen LogP contribution in [0.25, 0.3) is 6.08 Å². The molecule has 5 nitrogen and oxygen atoms in total. The molecular formula is C20H18BrClN2O3. The molecule has 0 radical (unpaired) electrons. The van der Waals surface area contributed by atoms with Crippen molar-refractivity contribution in [3.63, 3.8) is 0 Å². The fourth-order valence-corrected chi connectivity index (χ4v) is 2.92. The molecule has 0 spiro atoms. The number of hydrogen-bond acceptors (Lipinski definition) is 4. The average molecular weight is 450 g/mol. The number of ether oxygens (including phenoxy) is 2. The van der Waals surface area contributed by atoms with Crippen molar-refractivity contribution in [1.29, 1.82) is 5.26 Å². The lowest BCUT2D eigenvalue weighted by Crippen LogP contribution is -2.14. The van der Waals surface area contributed by atoms with Crippen molar-refractivity contribution in [2.75, 3.05) is 19.0 Å². The number of carbonyl (C=O) groups excluding carboxylic acids is 1. The van der Waals surface area contributed by atoms with Gasteiger partial charge >= 0.3 is 0 Å². The van der Waals surface area contributed by atoms with E-state index in [-0.39, 0.29) is 5.57 Å². The number of benzene rings is 2. The van der Waals surface area contributed by atoms with Crippen LogP contribution in [-0.4, -0.2) is 19.6 Å². The van der Waals surface area contributed by atoms with E-state index in [0.717, 1.165) is 5.56 Å². The second kappa shape index (κ2) is 9.45. The molecule has 0 heterocycles. The zero-order valence-corrected chi connectivity index (χ0v) is 17.4. The second-order valence-electron chi connectivity index (χ2n) is 5.54. The van der Waals surface area contributed by atoms with Gasteiger partial charge in [0.2, 0.25) is 0 Å². The van der Waals surface area contributed by atoms with Gasteiger partial charge in [-0.3, -0.25) is 4.79 Å². The minimum Gasteiger partial charge on any atom is -0.493 e. The summed E-state index contributed by atoms with van der Waals surface area (Å²) in [5.74, 6) is 0.555. The van der Waals surface area contributed by atoms with Crippen LogP contribution < -0.4 is 14.8 Å². The van der Waals surface area contributed by atoms with E-state index in [2.05, 4.69) is 21.2 Å². The van der Waals surface area contributed by atoms with Gasteiger partial charge in [0.15, 0.2) is 11.5 Å². The summed E-state index contributed by atoms with van der Waals surface area (Å²) < 4.78 is 11.5. The standard InChI is InChI=1S/C20H18BrClN2O3/c1-4-27-19-8-13(16(21)10-18(19)26-3)7-14(11-23)20(25)24-17-9-15(22)6-5-12(17)2/h5-10H,4H2,1-3H3,(H,24,25)/b14-7+. The number of rotatable bonds is 6. The maximum Gasteiger partial charge on any atom is 0.266 e. The molecule has 27 heavy (non-hydrogen) atoms. The maximum atomic E-state index is 12.5. The Bertz CT molecular complexity index is 936. The molecule has 0 atom stereocenters. The van der Waals surface area contributed by atoms with Crippen molar-refractivity contribution in [1.82, 2.24) is 0 Å². The van der Waals surface area contributed by atoms with E-state index >= 15 is 0 Å². The van der Waals surface area contributed by atoms with Crippen LogP contribution in [0.4, 0.5) is 5.69 Å². The van der Waals surface area contributed by atoms with Gasteiger partial charge < -0.3 is 14.8 Å². The maximum absolute atomic E-state index is 12.5. The largest absolute Gasteiger partial charge is 0.493 e. The number of nitrogens with one attached hydrogen (secondary N) is 1. The smallest absolute Gasteiger partial charge is 0.266 e. The summed E-state index contributed by atoms with van der Waals surface area (Å²) in [6, 6.07) is 10.5. The number of anilines is 1. The Labute approximate surface area is 171 Å². The van der Waals surface area contributed by atoms with Gasteiger partial charge in [-0.15, -0.1) is 0 Å². The highest BCUT2D eigenvalue weighted by Crippen LogP contribution is 2.34. The molecule has 0 unspecified atom stereocenters. The zero-order valence-electron chi connectivity index (χ0n) is 15.1. The van der Waals surface area contributed by atoms with E-state index in [9.17, 15) is 10.1 Å². The monoisotopic (exact) mass is 448 g/mol. The van der Waals surface area contributed by atoms with Crippen LogP contribution in [0.3, 0.4) is 0 Å². The molecule has 2 aromatic rings. The minimum absolute atomic E-state index is 0.0531. The number of aryl methyl sites for hydroxylation is 1. The Morgan fingerprint density at radius 2 is 2.07 bits per heavy atom. The molecule has 1 N–H and O–H groups in total. The average Bonchev–Trinajstić information content (AvgIpc) is 2.64. The second-order valence-corrected chi connectivity index (χ2v) is 6.83. The van der Waals surface area contributed by atoms with Crippen molar-refractivity contribution in [3.8, 4) is 17.6 Å². The van der Waals surface area contributed by atoms with E-state index in [1.165, 1.54) is 6.08 Å². The lowest BCUT2D eigenvalue weighted by molar-refractivity contribution is -0.112. The first-order valence-corrected chi connectivity index (χ1v) is 9.26. The molecule has 0 aliphatic heterocycles. The molecule has 0 fully saturated rings. The number of nitriles is 1. The summed E-state index contributed by atoms with van der Waals surface area (Å²) >= 11 is 9.41. The summed E-state index contributed by atoms with van der Waals surface area (Å²) in [7, 11) is 1.54. The van der Waals surface area contributed by atoms with Crippen LogP contribution in [0, 0.1) is 18.3 Å². The van der Waals surface area contributed by atoms with Crippen LogP contribution in [0.15, 0.2) is 40.4 Å². The zero-order chi connectivity index (χ0) is 20.0. The van der Waals surface area contributed by atoms with E-state index in [0.29, 0.717) is 38.9 Å². The van der Waals surface area contributed by atoms with Gasteiger partial charge in [-0.1, -0.05) is 33.6 Å². The Balaban J connectivity index is 2.37. The third-order valence-corrected chi connectivity index (χ3v) is 4.62. The molecule has 7 heteroatoms. The highest BCUT2D eigenvalue weighted by molar-refractivity contribution is 9.10. The minimum atomic E-state index is -0.524. The first-order valence-electron chi connectivity index (χ1n) is 8.09. The SMILES string of the molecule is CCOc1cc(/C=C(\C#N)C(=O)Nc2cc(Cl)ccc2C)c(Br)cc1OC. The first kappa shape index (κ1) is 20.8. The highest BCUT2D eigenvalue weighted by Gasteiger charge is 2.14. The fraction of sp³-hybridized carbons (Fsp3) is 0.200. The van der Waals surface area contributed by atoms with Gasteiger partial charge in [0.05, 0.1) is 13.7 Å². The lowest BCUT2D eigenvalue weighted by atomic mass is 10.1. The van der Waals surface area contributed by atoms with E-state index in [1.54, 1.807) is 37.4 Å². The lowest BCUT2D eigenvalue weighted by Gasteiger charge is -2.12. The van der Waals surface area contributed by atoms with E-state index in [4.69, 9.17) is 21.1 Å². The van der Waals surface area contributed by atoms with Gasteiger partial charge in [0.25, 0.3) is 5.91 Å². The molecule has 0 saturated heterocycles. The molecule has 140 valence electrons. The molecule has 0 aliphatic rings. The van der Waals surface area contributed by atoms with Crippen molar-refractivity contribution in [2.45, 2.75) is 13.8 Å². The van der Waals surface area contributed by atoms with Gasteiger partial charge in [-0.25, -0.2) is 0 Å². The van der Waals surface area contributed by atoms with Gasteiger partial charge in [-0.05, 0) is 55.3 Å². The molecule has 1 amide bonds. The van der Waals surface area contributed by atoms with Crippen molar-refractivity contribution in [3.05, 3.63) is 56.5 Å². The number of carbonyl (C=O) groups is 1. The van der Waals surface area contributed by atoms with Gasteiger partial charge in [-0.2, -0.15) is 5.26 Å². The van der Waals surface area contributed by atoms with E-state index < -0.39 is 5.91 Å². The summed E-state index contributed by atoms with van der Waals surface area (Å²) in [5, 5.41) is 12.7. The van der Waals surface area contributed by atoms with Crippen molar-refractivity contribution in [2.24, 2.45) is 0 Å². The third kappa shape index (κ3) is 5.25. The topological polar surface area (TPSA) is 71.3 Å². The molecule has 0 aliphatic carbocycles. The third-order valence-electron chi connectivity index (χ3n) is 3.70. The molecule has 0 bridgehead atoms. The number of amides is 1. The first-order chi connectivity index (χ1) is 12.9. The number of methoxy groups -OCH3 is 1. The summed E-state index contributed by atoms with van der Waals surface area (Å²) in [5.41, 5.74) is 1.96. The van der Waals surface area contributed by atoms with Crippen LogP contribution in [0.2, 0.25) is 5.02 Å². The van der Waals surface area contributed by atoms with Crippen molar-refractivity contribution < 1.29 is 14.3 Å². The number of hydrogen-bond donors (Lipinski definition) is 1. The van der Waals surface area contributed by atoms with Gasteiger partial charge in [0.1, 0.15) is 11.6 Å². The van der Waals surface area contributed by atoms with Crippen LogP contribution in [0.5, 0.6) is 11.5 Å².